The van der Waals surface area contributed by atoms with E-state index in [0.29, 0.717) is 29.1 Å². The minimum absolute atomic E-state index is 0.000106. The molecule has 1 fully saturated rings. The monoisotopic (exact) mass is 565 g/mol. The number of benzene rings is 2. The van der Waals surface area contributed by atoms with Crippen molar-refractivity contribution in [2.24, 2.45) is 23.5 Å². The molecule has 0 aromatic heterocycles. The zero-order valence-corrected chi connectivity index (χ0v) is 23.2. The van der Waals surface area contributed by atoms with Crippen molar-refractivity contribution in [2.75, 3.05) is 26.1 Å². The lowest BCUT2D eigenvalue weighted by Crippen LogP contribution is -2.63. The molecule has 11 heteroatoms. The van der Waals surface area contributed by atoms with Gasteiger partial charge in [0.2, 0.25) is 5.91 Å². The number of phenols is 1. The summed E-state index contributed by atoms with van der Waals surface area (Å²) < 4.78 is 5.40. The van der Waals surface area contributed by atoms with E-state index in [9.17, 15) is 34.8 Å². The second kappa shape index (κ2) is 10.5. The maximum atomic E-state index is 14.0. The van der Waals surface area contributed by atoms with Gasteiger partial charge in [-0.3, -0.25) is 14.4 Å². The van der Waals surface area contributed by atoms with Crippen LogP contribution in [0, 0.1) is 17.8 Å². The number of Topliss-reactive ketones (excluding diaryl/α,β-unsaturated/α-hetero) is 2. The molecule has 3 aliphatic carbocycles. The second-order valence-electron chi connectivity index (χ2n) is 11.3. The topological polar surface area (TPSA) is 183 Å². The predicted molar refractivity (Wildman–Crippen MR) is 149 cm³/mol. The molecule has 0 heterocycles. The van der Waals surface area contributed by atoms with Gasteiger partial charge in [-0.1, -0.05) is 18.2 Å². The van der Waals surface area contributed by atoms with Crippen molar-refractivity contribution in [3.8, 4) is 11.5 Å². The minimum Gasteiger partial charge on any atom is -0.508 e. The highest BCUT2D eigenvalue weighted by molar-refractivity contribution is 6.16. The van der Waals surface area contributed by atoms with Crippen LogP contribution in [0.2, 0.25) is 0 Å². The predicted octanol–water partition coefficient (Wildman–Crippen LogP) is 1.11. The number of phenolic OH excluding ortho intramolecular Hbond substituents is 1. The first-order valence-electron chi connectivity index (χ1n) is 13.5. The summed E-state index contributed by atoms with van der Waals surface area (Å²) in [6, 6.07) is 9.33. The summed E-state index contributed by atoms with van der Waals surface area (Å²) in [5.41, 5.74) is 5.30. The zero-order valence-electron chi connectivity index (χ0n) is 23.2. The first-order chi connectivity index (χ1) is 19.4. The molecule has 0 saturated heterocycles. The number of methoxy groups -OCH3 is 1. The van der Waals surface area contributed by atoms with Crippen molar-refractivity contribution in [1.82, 2.24) is 5.32 Å². The van der Waals surface area contributed by atoms with E-state index >= 15 is 0 Å². The Hall–Kier alpha value is -3.93. The third-order valence-electron chi connectivity index (χ3n) is 8.75. The number of hydrogen-bond donors (Lipinski definition) is 6. The number of hydrogen-bond acceptors (Lipinski definition) is 10. The average Bonchev–Trinajstić information content (AvgIpc) is 2.91. The van der Waals surface area contributed by atoms with Crippen LogP contribution in [0.5, 0.6) is 11.5 Å². The Morgan fingerprint density at radius 2 is 1.83 bits per heavy atom. The van der Waals surface area contributed by atoms with Gasteiger partial charge in [0.25, 0.3) is 0 Å². The maximum absolute atomic E-state index is 14.0. The first kappa shape index (κ1) is 28.6. The third kappa shape index (κ3) is 4.44. The third-order valence-corrected chi connectivity index (χ3v) is 8.75. The molecule has 1 amide bonds. The Labute approximate surface area is 237 Å². The van der Waals surface area contributed by atoms with Crippen molar-refractivity contribution in [1.29, 1.82) is 0 Å². The number of allylic oxidation sites excluding steroid dienone is 1. The molecule has 5 rings (SSSR count). The second-order valence-corrected chi connectivity index (χ2v) is 11.3. The molecule has 2 unspecified atom stereocenters. The number of para-hydroxylation sites is 1. The number of amides is 1. The number of nitrogens with one attached hydrogen (secondary N) is 1. The Morgan fingerprint density at radius 1 is 1.15 bits per heavy atom. The number of fused-ring (bicyclic) bond motifs is 3. The van der Waals surface area contributed by atoms with Gasteiger partial charge in [-0.25, -0.2) is 0 Å². The van der Waals surface area contributed by atoms with Crippen molar-refractivity contribution in [2.45, 2.75) is 44.1 Å². The molecule has 5 atom stereocenters. The highest BCUT2D eigenvalue weighted by Crippen LogP contribution is 2.53. The van der Waals surface area contributed by atoms with Crippen LogP contribution >= 0.6 is 0 Å². The number of rotatable bonds is 7. The molecular weight excluding hydrogens is 530 g/mol. The molecule has 11 nitrogen and oxygen atoms in total. The number of anilines is 1. The van der Waals surface area contributed by atoms with Gasteiger partial charge in [0.05, 0.1) is 18.8 Å². The molecular formula is C30H35N3O8. The molecule has 0 aliphatic heterocycles. The summed E-state index contributed by atoms with van der Waals surface area (Å²) in [5, 5.41) is 47.9. The number of ketones is 2. The number of carbonyl (C=O) groups excluding carboxylic acids is 3. The number of aliphatic hydroxyl groups is 3. The summed E-state index contributed by atoms with van der Waals surface area (Å²) in [7, 11) is 5.24. The molecule has 2 aromatic rings. The molecule has 41 heavy (non-hydrogen) atoms. The van der Waals surface area contributed by atoms with E-state index in [1.807, 2.05) is 49.3 Å². The first-order valence-corrected chi connectivity index (χ1v) is 13.5. The number of nitrogens with two attached hydrogens (primary N) is 1. The van der Waals surface area contributed by atoms with E-state index < -0.39 is 52.7 Å². The van der Waals surface area contributed by atoms with Crippen LogP contribution in [0.3, 0.4) is 0 Å². The van der Waals surface area contributed by atoms with Gasteiger partial charge in [0.15, 0.2) is 17.2 Å². The van der Waals surface area contributed by atoms with Crippen LogP contribution in [0.15, 0.2) is 41.7 Å². The number of ether oxygens (including phenoxy) is 1. The van der Waals surface area contributed by atoms with Crippen LogP contribution in [0.1, 0.15) is 39.9 Å². The summed E-state index contributed by atoms with van der Waals surface area (Å²) in [6.07, 6.45) is -1.18. The van der Waals surface area contributed by atoms with Crippen LogP contribution in [-0.4, -0.2) is 70.8 Å². The molecule has 2 aromatic carbocycles. The molecule has 7 N–H and O–H groups in total. The smallest absolute Gasteiger partial charge is 0.230 e. The maximum Gasteiger partial charge on any atom is 0.230 e. The van der Waals surface area contributed by atoms with Gasteiger partial charge in [-0.05, 0) is 42.9 Å². The van der Waals surface area contributed by atoms with E-state index in [2.05, 4.69) is 5.32 Å². The molecule has 0 bridgehead atoms. The minimum atomic E-state index is -2.54. The highest BCUT2D eigenvalue weighted by atomic mass is 16.5. The lowest BCUT2D eigenvalue weighted by Gasteiger charge is -2.48. The Balaban J connectivity index is 1.54. The molecule has 3 aliphatic rings. The summed E-state index contributed by atoms with van der Waals surface area (Å²) >= 11 is 0. The normalized spacial score (nSPS) is 27.1. The number of aliphatic hydroxyl groups excluding tert-OH is 2. The molecule has 218 valence electrons. The van der Waals surface area contributed by atoms with Crippen LogP contribution in [-0.2, 0) is 29.1 Å². The fraction of sp³-hybridized carbons (Fsp3) is 0.433. The van der Waals surface area contributed by atoms with Crippen molar-refractivity contribution in [3.63, 3.8) is 0 Å². The summed E-state index contributed by atoms with van der Waals surface area (Å²) in [4.78, 5) is 41.0. The number of nitrogens with zero attached hydrogens (tertiary/aromatic N) is 1. The van der Waals surface area contributed by atoms with Crippen molar-refractivity contribution >= 4 is 23.2 Å². The van der Waals surface area contributed by atoms with Gasteiger partial charge < -0.3 is 41.1 Å². The fourth-order valence-electron chi connectivity index (χ4n) is 6.74. The van der Waals surface area contributed by atoms with E-state index in [-0.39, 0.29) is 42.7 Å². The standard InChI is InChI=1S/C30H35N3O8/c1-33(2)19-10-16(13-32-12-14-6-4-5-7-21(14)41-3)25(35)23-18(19)9-15-8-17-11-20(34)24(29(31)39)28(38)30(17,40)27(37)22(15)26(23)36/h4-7,10,15,17,20,24,32,34-35,37,40H,8-9,11-13H2,1-3H3,(H2,31,39)/t15-,17+,20?,24?,30+/m1/s1. The lowest BCUT2D eigenvalue weighted by atomic mass is 9.57. The van der Waals surface area contributed by atoms with Gasteiger partial charge in [0, 0.05) is 55.5 Å². The molecule has 0 radical (unpaired) electrons. The Kier molecular flexibility index (Phi) is 7.31. The Morgan fingerprint density at radius 3 is 2.49 bits per heavy atom. The van der Waals surface area contributed by atoms with Gasteiger partial charge in [-0.2, -0.15) is 0 Å². The van der Waals surface area contributed by atoms with Crippen molar-refractivity contribution in [3.05, 3.63) is 63.9 Å². The SMILES string of the molecule is COc1ccccc1CNCc1cc(N(C)C)c2c(c1O)C(=O)C1=C(O)[C@]3(O)C(=O)C(C(N)=O)C(O)C[C@@H]3C[C@@H]1C2. The fourth-order valence-corrected chi connectivity index (χ4v) is 6.74. The number of primary amides is 1. The zero-order chi connectivity index (χ0) is 29.8. The lowest BCUT2D eigenvalue weighted by molar-refractivity contribution is -0.167. The van der Waals surface area contributed by atoms with Crippen LogP contribution in [0.4, 0.5) is 5.69 Å². The number of carbonyl (C=O) groups is 3. The van der Waals surface area contributed by atoms with E-state index in [1.54, 1.807) is 7.11 Å². The summed E-state index contributed by atoms with van der Waals surface area (Å²) in [6.45, 7) is 0.644. The number of aromatic hydroxyl groups is 1. The largest absolute Gasteiger partial charge is 0.508 e. The van der Waals surface area contributed by atoms with Gasteiger partial charge in [0.1, 0.15) is 23.2 Å². The highest BCUT2D eigenvalue weighted by Gasteiger charge is 2.62. The van der Waals surface area contributed by atoms with E-state index in [0.717, 1.165) is 5.56 Å². The van der Waals surface area contributed by atoms with E-state index in [4.69, 9.17) is 10.5 Å². The molecule has 1 saturated carbocycles. The quantitative estimate of drug-likeness (QED) is 0.266. The van der Waals surface area contributed by atoms with Gasteiger partial charge in [-0.15, -0.1) is 0 Å². The van der Waals surface area contributed by atoms with Gasteiger partial charge >= 0.3 is 0 Å². The average molecular weight is 566 g/mol. The van der Waals surface area contributed by atoms with Crippen molar-refractivity contribution < 1.29 is 39.5 Å². The van der Waals surface area contributed by atoms with E-state index in [1.165, 1.54) is 0 Å². The van der Waals surface area contributed by atoms with Crippen LogP contribution < -0.4 is 20.7 Å². The Bertz CT molecular complexity index is 1470. The van der Waals surface area contributed by atoms with Crippen LogP contribution in [0.25, 0.3) is 0 Å². The molecule has 0 spiro atoms. The summed E-state index contributed by atoms with van der Waals surface area (Å²) in [5.74, 6) is -6.50.